The number of unbranched alkanes of at least 4 members (excludes halogenated alkanes) is 4. The van der Waals surface area contributed by atoms with Gasteiger partial charge in [0.15, 0.2) is 5.41 Å². The van der Waals surface area contributed by atoms with Gasteiger partial charge in [0.05, 0.1) is 0 Å². The number of carbonyl (C=O) groups excluding carboxylic acids is 3. The standard InChI is InChI=1S/C11H18O3S3/c1-2-3-4-5-6-7-11(8(12)15,9(13)16)10(14)17/h2-7H2,1H3,(H,12,15)(H,13,16)(H,14,17). The summed E-state index contributed by atoms with van der Waals surface area (Å²) >= 11 is 10.9. The first-order chi connectivity index (χ1) is 7.89. The lowest BCUT2D eigenvalue weighted by atomic mass is 9.86. The molecule has 0 bridgehead atoms. The van der Waals surface area contributed by atoms with Crippen molar-refractivity contribution in [3.8, 4) is 0 Å². The van der Waals surface area contributed by atoms with Gasteiger partial charge in [-0.05, 0) is 6.42 Å². The van der Waals surface area contributed by atoms with E-state index in [2.05, 4.69) is 44.8 Å². The quantitative estimate of drug-likeness (QED) is 0.348. The Hall–Kier alpha value is 0.0600. The molecule has 0 aromatic rings. The van der Waals surface area contributed by atoms with Gasteiger partial charge in [0.1, 0.15) is 0 Å². The van der Waals surface area contributed by atoms with E-state index in [1.165, 1.54) is 0 Å². The molecule has 3 nitrogen and oxygen atoms in total. The van der Waals surface area contributed by atoms with Gasteiger partial charge in [-0.2, -0.15) is 0 Å². The minimum absolute atomic E-state index is 0.143. The minimum atomic E-state index is -1.78. The van der Waals surface area contributed by atoms with Gasteiger partial charge in [-0.25, -0.2) is 0 Å². The van der Waals surface area contributed by atoms with Crippen molar-refractivity contribution in [1.29, 1.82) is 0 Å². The fourth-order valence-corrected chi connectivity index (χ4v) is 2.80. The maximum absolute atomic E-state index is 11.4. The largest absolute Gasteiger partial charge is 0.286 e. The van der Waals surface area contributed by atoms with Gasteiger partial charge < -0.3 is 0 Å². The van der Waals surface area contributed by atoms with E-state index in [1.807, 2.05) is 0 Å². The summed E-state index contributed by atoms with van der Waals surface area (Å²) in [5.41, 5.74) is -1.78. The first-order valence-electron chi connectivity index (χ1n) is 5.59. The molecule has 6 heteroatoms. The lowest BCUT2D eigenvalue weighted by Gasteiger charge is -2.23. The Labute approximate surface area is 118 Å². The van der Waals surface area contributed by atoms with Crippen LogP contribution in [0.2, 0.25) is 0 Å². The molecular formula is C11H18O3S3. The molecule has 0 radical (unpaired) electrons. The molecule has 98 valence electrons. The van der Waals surface area contributed by atoms with Crippen LogP contribution in [0, 0.1) is 5.41 Å². The maximum Gasteiger partial charge on any atom is 0.208 e. The normalized spacial score (nSPS) is 11.3. The van der Waals surface area contributed by atoms with Crippen molar-refractivity contribution in [2.24, 2.45) is 5.41 Å². The minimum Gasteiger partial charge on any atom is -0.286 e. The predicted molar refractivity (Wildman–Crippen MR) is 77.8 cm³/mol. The summed E-state index contributed by atoms with van der Waals surface area (Å²) in [6, 6.07) is 0. The molecule has 0 amide bonds. The number of hydrogen-bond acceptors (Lipinski definition) is 3. The van der Waals surface area contributed by atoms with E-state index in [0.29, 0.717) is 6.42 Å². The Kier molecular flexibility index (Phi) is 8.24. The summed E-state index contributed by atoms with van der Waals surface area (Å²) in [6.07, 6.45) is 4.86. The topological polar surface area (TPSA) is 51.2 Å². The van der Waals surface area contributed by atoms with Crippen LogP contribution in [0.4, 0.5) is 0 Å². The van der Waals surface area contributed by atoms with E-state index in [1.54, 1.807) is 0 Å². The fraction of sp³-hybridized carbons (Fsp3) is 0.727. The molecule has 0 unspecified atom stereocenters. The average molecular weight is 294 g/mol. The number of rotatable bonds is 9. The van der Waals surface area contributed by atoms with Gasteiger partial charge >= 0.3 is 0 Å². The summed E-state index contributed by atoms with van der Waals surface area (Å²) in [4.78, 5) is 34.2. The molecule has 0 N–H and O–H groups in total. The Morgan fingerprint density at radius 3 is 1.59 bits per heavy atom. The molecule has 0 aliphatic carbocycles. The summed E-state index contributed by atoms with van der Waals surface area (Å²) in [5, 5.41) is -2.31. The molecule has 0 fully saturated rings. The van der Waals surface area contributed by atoms with Crippen molar-refractivity contribution in [2.45, 2.75) is 45.4 Å². The molecule has 0 saturated heterocycles. The second kappa shape index (κ2) is 8.21. The van der Waals surface area contributed by atoms with Crippen molar-refractivity contribution in [1.82, 2.24) is 0 Å². The highest BCUT2D eigenvalue weighted by molar-refractivity contribution is 8.01. The van der Waals surface area contributed by atoms with Crippen molar-refractivity contribution in [3.05, 3.63) is 0 Å². The van der Waals surface area contributed by atoms with Gasteiger partial charge in [-0.15, -0.1) is 37.9 Å². The number of thiol groups is 3. The highest BCUT2D eigenvalue weighted by Crippen LogP contribution is 2.33. The Bertz CT molecular complexity index is 266. The van der Waals surface area contributed by atoms with Gasteiger partial charge in [0.2, 0.25) is 15.3 Å². The first kappa shape index (κ1) is 17.1. The molecule has 0 heterocycles. The van der Waals surface area contributed by atoms with Gasteiger partial charge in [-0.1, -0.05) is 39.0 Å². The van der Waals surface area contributed by atoms with E-state index in [9.17, 15) is 14.4 Å². The molecule has 0 aromatic heterocycles. The predicted octanol–water partition coefficient (Wildman–Crippen LogP) is 2.70. The van der Waals surface area contributed by atoms with E-state index in [0.717, 1.165) is 25.7 Å². The highest BCUT2D eigenvalue weighted by atomic mass is 32.1. The number of carbonyl (C=O) groups is 3. The van der Waals surface area contributed by atoms with E-state index in [4.69, 9.17) is 0 Å². The summed E-state index contributed by atoms with van der Waals surface area (Å²) in [7, 11) is 0. The van der Waals surface area contributed by atoms with E-state index >= 15 is 0 Å². The molecule has 0 spiro atoms. The Morgan fingerprint density at radius 1 is 0.824 bits per heavy atom. The third-order valence-corrected chi connectivity index (χ3v) is 3.90. The molecular weight excluding hydrogens is 276 g/mol. The smallest absolute Gasteiger partial charge is 0.208 e. The third-order valence-electron chi connectivity index (χ3n) is 2.75. The summed E-state index contributed by atoms with van der Waals surface area (Å²) in [6.45, 7) is 2.09. The van der Waals surface area contributed by atoms with Crippen LogP contribution in [0.15, 0.2) is 0 Å². The van der Waals surface area contributed by atoms with Crippen LogP contribution < -0.4 is 0 Å². The van der Waals surface area contributed by atoms with E-state index < -0.39 is 20.8 Å². The fourth-order valence-electron chi connectivity index (χ4n) is 1.59. The van der Waals surface area contributed by atoms with Crippen LogP contribution in [0.25, 0.3) is 0 Å². The molecule has 0 saturated carbocycles. The van der Waals surface area contributed by atoms with Crippen molar-refractivity contribution in [3.63, 3.8) is 0 Å². The molecule has 0 aromatic carbocycles. The van der Waals surface area contributed by atoms with Crippen molar-refractivity contribution >= 4 is 53.2 Å². The summed E-state index contributed by atoms with van der Waals surface area (Å²) in [5.74, 6) is 0. The lowest BCUT2D eigenvalue weighted by molar-refractivity contribution is -0.137. The van der Waals surface area contributed by atoms with Crippen LogP contribution in [-0.2, 0) is 14.4 Å². The zero-order valence-electron chi connectivity index (χ0n) is 9.81. The second-order valence-electron chi connectivity index (χ2n) is 3.99. The van der Waals surface area contributed by atoms with Crippen LogP contribution >= 0.6 is 37.9 Å². The average Bonchev–Trinajstić information content (AvgIpc) is 2.21. The first-order valence-corrected chi connectivity index (χ1v) is 6.94. The molecule has 0 atom stereocenters. The Balaban J connectivity index is 4.55. The van der Waals surface area contributed by atoms with Gasteiger partial charge in [0, 0.05) is 0 Å². The van der Waals surface area contributed by atoms with Crippen molar-refractivity contribution < 1.29 is 14.4 Å². The lowest BCUT2D eigenvalue weighted by Crippen LogP contribution is -2.40. The van der Waals surface area contributed by atoms with Crippen molar-refractivity contribution in [2.75, 3.05) is 0 Å². The van der Waals surface area contributed by atoms with E-state index in [-0.39, 0.29) is 6.42 Å². The summed E-state index contributed by atoms with van der Waals surface area (Å²) < 4.78 is 0. The van der Waals surface area contributed by atoms with Crippen LogP contribution in [0.3, 0.4) is 0 Å². The zero-order valence-corrected chi connectivity index (χ0v) is 12.5. The Morgan fingerprint density at radius 2 is 1.24 bits per heavy atom. The van der Waals surface area contributed by atoms with Crippen LogP contribution in [0.5, 0.6) is 0 Å². The van der Waals surface area contributed by atoms with Gasteiger partial charge in [-0.3, -0.25) is 14.4 Å². The molecule has 0 rings (SSSR count). The highest BCUT2D eigenvalue weighted by Gasteiger charge is 2.47. The second-order valence-corrected chi connectivity index (χ2v) is 5.20. The zero-order chi connectivity index (χ0) is 13.5. The monoisotopic (exact) mass is 294 g/mol. The van der Waals surface area contributed by atoms with Gasteiger partial charge in [0.25, 0.3) is 0 Å². The van der Waals surface area contributed by atoms with Crippen LogP contribution in [0.1, 0.15) is 45.4 Å². The third kappa shape index (κ3) is 4.67. The molecule has 17 heavy (non-hydrogen) atoms. The molecule has 0 aliphatic rings. The SMILES string of the molecule is CCCCCCCC(C(=O)S)(C(=O)S)C(=O)S. The maximum atomic E-state index is 11.4. The molecule has 0 aliphatic heterocycles. The van der Waals surface area contributed by atoms with Crippen LogP contribution in [-0.4, -0.2) is 15.3 Å². The number of hydrogen-bond donors (Lipinski definition) is 3.